The number of halogens is 1. The van der Waals surface area contributed by atoms with Gasteiger partial charge in [0.05, 0.1) is 16.4 Å². The smallest absolute Gasteiger partial charge is 0.225 e. The summed E-state index contributed by atoms with van der Waals surface area (Å²) in [6.07, 6.45) is 2.34. The zero-order valence-electron chi connectivity index (χ0n) is 9.47. The van der Waals surface area contributed by atoms with Gasteiger partial charge in [-0.3, -0.25) is 9.48 Å². The molecule has 0 aliphatic carbocycles. The van der Waals surface area contributed by atoms with Crippen LogP contribution in [-0.2, 0) is 13.0 Å². The fourth-order valence-electron chi connectivity index (χ4n) is 1.55. The molecule has 2 aromatic rings. The van der Waals surface area contributed by atoms with Crippen LogP contribution in [0.2, 0.25) is 0 Å². The summed E-state index contributed by atoms with van der Waals surface area (Å²) in [5.74, 6) is -0.0666. The molecule has 2 heterocycles. The Kier molecular flexibility index (Phi) is 3.68. The molecule has 7 heteroatoms. The topological polar surface area (TPSA) is 60.7 Å². The highest BCUT2D eigenvalue weighted by atomic mass is 79.9. The summed E-state index contributed by atoms with van der Waals surface area (Å²) < 4.78 is 6.22. The van der Waals surface area contributed by atoms with E-state index in [1.54, 1.807) is 10.9 Å². The van der Waals surface area contributed by atoms with Crippen molar-refractivity contribution in [3.05, 3.63) is 26.9 Å². The quantitative estimate of drug-likeness (QED) is 0.812. The lowest BCUT2D eigenvalue weighted by molar-refractivity contribution is 0.103. The molecule has 0 aliphatic rings. The first-order valence-corrected chi connectivity index (χ1v) is 6.82. The number of hydrogen-bond donors (Lipinski definition) is 0. The molecule has 0 saturated heterocycles. The highest BCUT2D eigenvalue weighted by molar-refractivity contribution is 9.10. The Bertz CT molecular complexity index is 548. The summed E-state index contributed by atoms with van der Waals surface area (Å²) >= 11 is 4.49. The molecular formula is C10H11BrN4OS. The monoisotopic (exact) mass is 314 g/mol. The second-order valence-corrected chi connectivity index (χ2v) is 5.00. The van der Waals surface area contributed by atoms with E-state index >= 15 is 0 Å². The van der Waals surface area contributed by atoms with Gasteiger partial charge in [-0.25, -0.2) is 0 Å². The van der Waals surface area contributed by atoms with Gasteiger partial charge in [0.25, 0.3) is 0 Å². The molecule has 0 radical (unpaired) electrons. The molecule has 0 N–H and O–H groups in total. The standard InChI is InChI=1S/C10H11BrN4OS/c1-3-7-10(17-14-13-7)9(16)8-6(11)5-12-15(8)4-2/h5H,3-4H2,1-2H3. The third-order valence-corrected chi connectivity index (χ3v) is 3.75. The Hall–Kier alpha value is -1.08. The van der Waals surface area contributed by atoms with Gasteiger partial charge in [-0.15, -0.1) is 5.10 Å². The lowest BCUT2D eigenvalue weighted by atomic mass is 10.2. The van der Waals surface area contributed by atoms with Crippen LogP contribution in [0.15, 0.2) is 10.7 Å². The average molecular weight is 315 g/mol. The van der Waals surface area contributed by atoms with Crippen molar-refractivity contribution in [1.82, 2.24) is 19.4 Å². The van der Waals surface area contributed by atoms with Crippen LogP contribution in [0, 0.1) is 0 Å². The van der Waals surface area contributed by atoms with Gasteiger partial charge in [-0.1, -0.05) is 11.4 Å². The van der Waals surface area contributed by atoms with E-state index in [2.05, 4.69) is 30.6 Å². The molecule has 0 unspecified atom stereocenters. The number of nitrogens with zero attached hydrogens (tertiary/aromatic N) is 4. The summed E-state index contributed by atoms with van der Waals surface area (Å²) in [5.41, 5.74) is 1.31. The van der Waals surface area contributed by atoms with Crippen LogP contribution < -0.4 is 0 Å². The molecule has 90 valence electrons. The average Bonchev–Trinajstić information content (AvgIpc) is 2.93. The fourth-order valence-corrected chi connectivity index (χ4v) is 2.72. The molecule has 17 heavy (non-hydrogen) atoms. The lowest BCUT2D eigenvalue weighted by Crippen LogP contribution is -2.11. The second kappa shape index (κ2) is 5.05. The van der Waals surface area contributed by atoms with Crippen molar-refractivity contribution in [2.24, 2.45) is 0 Å². The maximum absolute atomic E-state index is 12.4. The van der Waals surface area contributed by atoms with Crippen LogP contribution >= 0.6 is 27.5 Å². The predicted octanol–water partition coefficient (Wildman–Crippen LogP) is 2.31. The minimum atomic E-state index is -0.0666. The van der Waals surface area contributed by atoms with Gasteiger partial charge in [-0.05, 0) is 40.8 Å². The lowest BCUT2D eigenvalue weighted by Gasteiger charge is -2.03. The third kappa shape index (κ3) is 2.16. The summed E-state index contributed by atoms with van der Waals surface area (Å²) in [6.45, 7) is 4.56. The number of ketones is 1. The van der Waals surface area contributed by atoms with Crippen molar-refractivity contribution >= 4 is 33.2 Å². The van der Waals surface area contributed by atoms with Crippen LogP contribution in [0.25, 0.3) is 0 Å². The van der Waals surface area contributed by atoms with Gasteiger partial charge >= 0.3 is 0 Å². The van der Waals surface area contributed by atoms with Crippen molar-refractivity contribution in [2.75, 3.05) is 0 Å². The van der Waals surface area contributed by atoms with Gasteiger partial charge in [-0.2, -0.15) is 5.10 Å². The van der Waals surface area contributed by atoms with Gasteiger partial charge in [0.2, 0.25) is 5.78 Å². The molecule has 0 atom stereocenters. The van der Waals surface area contributed by atoms with Gasteiger partial charge in [0.15, 0.2) is 0 Å². The maximum atomic E-state index is 12.4. The predicted molar refractivity (Wildman–Crippen MR) is 68.3 cm³/mol. The van der Waals surface area contributed by atoms with Gasteiger partial charge in [0.1, 0.15) is 10.6 Å². The summed E-state index contributed by atoms with van der Waals surface area (Å²) in [6, 6.07) is 0. The summed E-state index contributed by atoms with van der Waals surface area (Å²) in [5, 5.41) is 8.09. The van der Waals surface area contributed by atoms with Crippen molar-refractivity contribution in [2.45, 2.75) is 26.8 Å². The molecule has 0 amide bonds. The third-order valence-electron chi connectivity index (χ3n) is 2.41. The molecule has 0 bridgehead atoms. The number of carbonyl (C=O) groups is 1. The summed E-state index contributed by atoms with van der Waals surface area (Å²) in [4.78, 5) is 13.0. The highest BCUT2D eigenvalue weighted by Crippen LogP contribution is 2.23. The van der Waals surface area contributed by atoms with E-state index in [1.807, 2.05) is 13.8 Å². The van der Waals surface area contributed by atoms with Crippen molar-refractivity contribution in [3.63, 3.8) is 0 Å². The molecule has 0 fully saturated rings. The number of rotatable bonds is 4. The first-order chi connectivity index (χ1) is 8.19. The van der Waals surface area contributed by atoms with E-state index in [9.17, 15) is 4.79 Å². The molecule has 5 nitrogen and oxygen atoms in total. The van der Waals surface area contributed by atoms with Crippen LogP contribution in [0.1, 0.15) is 34.9 Å². The van der Waals surface area contributed by atoms with Gasteiger partial charge < -0.3 is 0 Å². The van der Waals surface area contributed by atoms with Crippen LogP contribution in [0.5, 0.6) is 0 Å². The van der Waals surface area contributed by atoms with E-state index in [0.29, 0.717) is 28.0 Å². The molecular weight excluding hydrogens is 304 g/mol. The molecule has 0 saturated carbocycles. The largest absolute Gasteiger partial charge is 0.286 e. The molecule has 2 aromatic heterocycles. The number of carbonyl (C=O) groups excluding carboxylic acids is 1. The number of aryl methyl sites for hydroxylation is 2. The normalized spacial score (nSPS) is 10.8. The molecule has 2 rings (SSSR count). The Morgan fingerprint density at radius 1 is 1.53 bits per heavy atom. The van der Waals surface area contributed by atoms with E-state index in [-0.39, 0.29) is 5.78 Å². The Balaban J connectivity index is 2.47. The minimum Gasteiger partial charge on any atom is -0.286 e. The van der Waals surface area contributed by atoms with E-state index in [4.69, 9.17) is 0 Å². The summed E-state index contributed by atoms with van der Waals surface area (Å²) in [7, 11) is 0. The van der Waals surface area contributed by atoms with Crippen molar-refractivity contribution in [3.8, 4) is 0 Å². The fraction of sp³-hybridized carbons (Fsp3) is 0.400. The van der Waals surface area contributed by atoms with Gasteiger partial charge in [0, 0.05) is 6.54 Å². The first-order valence-electron chi connectivity index (χ1n) is 5.26. The zero-order chi connectivity index (χ0) is 12.4. The number of hydrogen-bond acceptors (Lipinski definition) is 5. The van der Waals surface area contributed by atoms with Crippen LogP contribution in [-0.4, -0.2) is 25.2 Å². The van der Waals surface area contributed by atoms with Crippen molar-refractivity contribution in [1.29, 1.82) is 0 Å². The Morgan fingerprint density at radius 3 is 2.94 bits per heavy atom. The zero-order valence-corrected chi connectivity index (χ0v) is 11.9. The Labute approximate surface area is 111 Å². The van der Waals surface area contributed by atoms with Crippen LogP contribution in [0.4, 0.5) is 0 Å². The van der Waals surface area contributed by atoms with E-state index < -0.39 is 0 Å². The first kappa shape index (κ1) is 12.4. The second-order valence-electron chi connectivity index (χ2n) is 3.39. The SMILES string of the molecule is CCc1nnsc1C(=O)c1c(Br)cnn1CC. The maximum Gasteiger partial charge on any atom is 0.225 e. The molecule has 0 aliphatic heterocycles. The Morgan fingerprint density at radius 2 is 2.29 bits per heavy atom. The van der Waals surface area contributed by atoms with Crippen molar-refractivity contribution < 1.29 is 4.79 Å². The van der Waals surface area contributed by atoms with Crippen LogP contribution in [0.3, 0.4) is 0 Å². The van der Waals surface area contributed by atoms with E-state index in [1.165, 1.54) is 0 Å². The van der Waals surface area contributed by atoms with E-state index in [0.717, 1.165) is 17.2 Å². The highest BCUT2D eigenvalue weighted by Gasteiger charge is 2.23. The molecule has 0 spiro atoms. The number of aromatic nitrogens is 4. The minimum absolute atomic E-state index is 0.0666. The molecule has 0 aromatic carbocycles.